The Morgan fingerprint density at radius 1 is 0.909 bits per heavy atom. The molecule has 2 N–H and O–H groups in total. The number of hydrogen-bond acceptors (Lipinski definition) is 6. The summed E-state index contributed by atoms with van der Waals surface area (Å²) in [5, 5.41) is 6.03. The number of rotatable bonds is 7. The van der Waals surface area contributed by atoms with Gasteiger partial charge in [-0.25, -0.2) is 14.4 Å². The van der Waals surface area contributed by atoms with Gasteiger partial charge in [-0.05, 0) is 54.6 Å². The molecule has 0 atom stereocenters. The fourth-order valence-corrected chi connectivity index (χ4v) is 3.19. The number of nitrogens with zero attached hydrogens (tertiary/aromatic N) is 2. The van der Waals surface area contributed by atoms with Crippen LogP contribution in [-0.4, -0.2) is 30.1 Å². The van der Waals surface area contributed by atoms with Crippen molar-refractivity contribution >= 4 is 23.1 Å². The van der Waals surface area contributed by atoms with E-state index in [1.165, 1.54) is 25.6 Å². The van der Waals surface area contributed by atoms with Crippen LogP contribution in [0, 0.1) is 5.82 Å². The third-order valence-corrected chi connectivity index (χ3v) is 4.86. The third-order valence-electron chi connectivity index (χ3n) is 4.86. The molecule has 8 heteroatoms. The monoisotopic (exact) mass is 444 g/mol. The van der Waals surface area contributed by atoms with E-state index in [0.717, 1.165) is 5.56 Å². The Morgan fingerprint density at radius 3 is 2.48 bits per heavy atom. The molecule has 33 heavy (non-hydrogen) atoms. The van der Waals surface area contributed by atoms with Gasteiger partial charge >= 0.3 is 0 Å². The predicted molar refractivity (Wildman–Crippen MR) is 125 cm³/mol. The fourth-order valence-electron chi connectivity index (χ4n) is 3.19. The first-order valence-corrected chi connectivity index (χ1v) is 10.0. The summed E-state index contributed by atoms with van der Waals surface area (Å²) in [7, 11) is 3.09. The summed E-state index contributed by atoms with van der Waals surface area (Å²) < 4.78 is 23.7. The van der Waals surface area contributed by atoms with Crippen molar-refractivity contribution in [2.45, 2.75) is 0 Å². The highest BCUT2D eigenvalue weighted by Crippen LogP contribution is 2.29. The molecule has 1 amide bonds. The highest BCUT2D eigenvalue weighted by Gasteiger charge is 2.12. The zero-order chi connectivity index (χ0) is 23.2. The zero-order valence-corrected chi connectivity index (χ0v) is 18.0. The average Bonchev–Trinajstić information content (AvgIpc) is 2.85. The molecule has 4 rings (SSSR count). The predicted octanol–water partition coefficient (Wildman–Crippen LogP) is 5.30. The summed E-state index contributed by atoms with van der Waals surface area (Å²) in [5.74, 6) is 1.05. The van der Waals surface area contributed by atoms with Crippen LogP contribution in [0.5, 0.6) is 11.5 Å². The Labute approximate surface area is 190 Å². The van der Waals surface area contributed by atoms with Gasteiger partial charge in [-0.1, -0.05) is 6.07 Å². The average molecular weight is 444 g/mol. The lowest BCUT2D eigenvalue weighted by atomic mass is 10.1. The minimum Gasteiger partial charge on any atom is -0.497 e. The molecule has 0 bridgehead atoms. The van der Waals surface area contributed by atoms with E-state index < -0.39 is 0 Å². The number of aromatic nitrogens is 2. The Morgan fingerprint density at radius 2 is 1.73 bits per heavy atom. The highest BCUT2D eigenvalue weighted by molar-refractivity contribution is 6.05. The molecule has 0 unspecified atom stereocenters. The number of ether oxygens (including phenoxy) is 2. The maximum Gasteiger partial charge on any atom is 0.255 e. The van der Waals surface area contributed by atoms with Crippen LogP contribution < -0.4 is 20.1 Å². The number of amides is 1. The van der Waals surface area contributed by atoms with Crippen LogP contribution >= 0.6 is 0 Å². The second-order valence-corrected chi connectivity index (χ2v) is 7.02. The molecular weight excluding hydrogens is 423 g/mol. The summed E-state index contributed by atoms with van der Waals surface area (Å²) in [4.78, 5) is 21.3. The topological polar surface area (TPSA) is 85.4 Å². The molecule has 7 nitrogen and oxygen atoms in total. The summed E-state index contributed by atoms with van der Waals surface area (Å²) in [6.45, 7) is 0. The summed E-state index contributed by atoms with van der Waals surface area (Å²) in [6.07, 6.45) is 1.42. The SMILES string of the molecule is COc1ccc(NC(=O)c2cccc(Nc3cc(-c4ccc(F)cc4)ncn3)c2)c(OC)c1. The minimum atomic E-state index is -0.312. The highest BCUT2D eigenvalue weighted by atomic mass is 19.1. The van der Waals surface area contributed by atoms with E-state index in [9.17, 15) is 9.18 Å². The van der Waals surface area contributed by atoms with Crippen LogP contribution in [0.15, 0.2) is 79.1 Å². The zero-order valence-electron chi connectivity index (χ0n) is 18.0. The molecule has 0 aliphatic carbocycles. The van der Waals surface area contributed by atoms with Gasteiger partial charge in [0.1, 0.15) is 29.5 Å². The number of benzene rings is 3. The molecule has 0 saturated carbocycles. The molecule has 1 aromatic heterocycles. The standard InChI is InChI=1S/C25H21FN4O3/c1-32-20-10-11-21(23(13-20)33-2)30-25(31)17-4-3-5-19(12-17)29-24-14-22(27-15-28-24)16-6-8-18(26)9-7-16/h3-15H,1-2H3,(H,30,31)(H,27,28,29). The van der Waals surface area contributed by atoms with Crippen molar-refractivity contribution in [2.75, 3.05) is 24.9 Å². The van der Waals surface area contributed by atoms with Gasteiger partial charge in [-0.2, -0.15) is 0 Å². The Balaban J connectivity index is 1.51. The summed E-state index contributed by atoms with van der Waals surface area (Å²) in [5.41, 5.74) is 3.07. The van der Waals surface area contributed by atoms with E-state index in [1.54, 1.807) is 61.7 Å². The van der Waals surface area contributed by atoms with E-state index in [4.69, 9.17) is 9.47 Å². The van der Waals surface area contributed by atoms with Crippen molar-refractivity contribution in [1.29, 1.82) is 0 Å². The number of anilines is 3. The van der Waals surface area contributed by atoms with Crippen LogP contribution in [0.25, 0.3) is 11.3 Å². The van der Waals surface area contributed by atoms with Gasteiger partial charge in [-0.3, -0.25) is 4.79 Å². The molecule has 4 aromatic rings. The number of hydrogen-bond donors (Lipinski definition) is 2. The smallest absolute Gasteiger partial charge is 0.255 e. The molecule has 0 fully saturated rings. The quantitative estimate of drug-likeness (QED) is 0.403. The largest absolute Gasteiger partial charge is 0.497 e. The second kappa shape index (κ2) is 9.78. The van der Waals surface area contributed by atoms with E-state index in [2.05, 4.69) is 20.6 Å². The molecular formula is C25H21FN4O3. The lowest BCUT2D eigenvalue weighted by Gasteiger charge is -2.12. The molecule has 166 valence electrons. The van der Waals surface area contributed by atoms with Gasteiger partial charge in [0.15, 0.2) is 0 Å². The molecule has 0 saturated heterocycles. The molecule has 0 spiro atoms. The normalized spacial score (nSPS) is 10.4. The van der Waals surface area contributed by atoms with Crippen LogP contribution in [0.2, 0.25) is 0 Å². The number of carbonyl (C=O) groups excluding carboxylic acids is 1. The van der Waals surface area contributed by atoms with E-state index >= 15 is 0 Å². The van der Waals surface area contributed by atoms with Crippen LogP contribution in [0.3, 0.4) is 0 Å². The third kappa shape index (κ3) is 5.24. The molecule has 1 heterocycles. The van der Waals surface area contributed by atoms with Gasteiger partial charge in [0, 0.05) is 28.9 Å². The first-order valence-electron chi connectivity index (χ1n) is 10.0. The summed E-state index contributed by atoms with van der Waals surface area (Å²) >= 11 is 0. The Bertz CT molecular complexity index is 1280. The van der Waals surface area contributed by atoms with E-state index in [0.29, 0.717) is 39.9 Å². The molecule has 0 radical (unpaired) electrons. The van der Waals surface area contributed by atoms with E-state index in [-0.39, 0.29) is 11.7 Å². The van der Waals surface area contributed by atoms with Gasteiger partial charge in [0.25, 0.3) is 5.91 Å². The number of halogens is 1. The van der Waals surface area contributed by atoms with Crippen molar-refractivity contribution < 1.29 is 18.7 Å². The maximum absolute atomic E-state index is 13.2. The van der Waals surface area contributed by atoms with Crippen molar-refractivity contribution in [2.24, 2.45) is 0 Å². The fraction of sp³-hybridized carbons (Fsp3) is 0.0800. The number of nitrogens with one attached hydrogen (secondary N) is 2. The lowest BCUT2D eigenvalue weighted by molar-refractivity contribution is 0.102. The van der Waals surface area contributed by atoms with Crippen LogP contribution in [0.4, 0.5) is 21.6 Å². The van der Waals surface area contributed by atoms with Gasteiger partial charge in [-0.15, -0.1) is 0 Å². The first kappa shape index (κ1) is 21.8. The van der Waals surface area contributed by atoms with Gasteiger partial charge in [0.05, 0.1) is 25.6 Å². The number of methoxy groups -OCH3 is 2. The molecule has 0 aliphatic rings. The van der Waals surface area contributed by atoms with Crippen molar-refractivity contribution in [3.05, 3.63) is 90.5 Å². The van der Waals surface area contributed by atoms with Crippen molar-refractivity contribution in [3.63, 3.8) is 0 Å². The number of carbonyl (C=O) groups is 1. The van der Waals surface area contributed by atoms with Crippen molar-refractivity contribution in [3.8, 4) is 22.8 Å². The van der Waals surface area contributed by atoms with Gasteiger partial charge < -0.3 is 20.1 Å². The second-order valence-electron chi connectivity index (χ2n) is 7.02. The van der Waals surface area contributed by atoms with Crippen LogP contribution in [-0.2, 0) is 0 Å². The molecule has 3 aromatic carbocycles. The van der Waals surface area contributed by atoms with E-state index in [1.807, 2.05) is 6.07 Å². The van der Waals surface area contributed by atoms with Crippen molar-refractivity contribution in [1.82, 2.24) is 9.97 Å². The first-order chi connectivity index (χ1) is 16.1. The Hall–Kier alpha value is -4.46. The minimum absolute atomic E-state index is 0.295. The Kier molecular flexibility index (Phi) is 6.45. The summed E-state index contributed by atoms with van der Waals surface area (Å²) in [6, 6.07) is 20.0. The maximum atomic E-state index is 13.2. The van der Waals surface area contributed by atoms with Crippen LogP contribution in [0.1, 0.15) is 10.4 Å². The molecule has 0 aliphatic heterocycles. The van der Waals surface area contributed by atoms with Gasteiger partial charge in [0.2, 0.25) is 0 Å². The lowest BCUT2D eigenvalue weighted by Crippen LogP contribution is -2.13.